The highest BCUT2D eigenvalue weighted by molar-refractivity contribution is 5.94. The van der Waals surface area contributed by atoms with E-state index in [-0.39, 0.29) is 24.4 Å². The van der Waals surface area contributed by atoms with Crippen molar-refractivity contribution in [2.45, 2.75) is 51.2 Å². The van der Waals surface area contributed by atoms with Gasteiger partial charge in [0.15, 0.2) is 0 Å². The second-order valence-corrected chi connectivity index (χ2v) is 5.07. The first kappa shape index (κ1) is 13.3. The molecule has 0 aromatic rings. The molecule has 2 atom stereocenters. The minimum atomic E-state index is -0.325. The van der Waals surface area contributed by atoms with Crippen LogP contribution >= 0.6 is 0 Å². The topological polar surface area (TPSA) is 58.6 Å². The molecule has 0 aliphatic carbocycles. The summed E-state index contributed by atoms with van der Waals surface area (Å²) in [5.74, 6) is 0.0167. The van der Waals surface area contributed by atoms with Crippen LogP contribution < -0.4 is 5.32 Å². The number of nitrogens with zero attached hydrogens (tertiary/aromatic N) is 1. The number of ether oxygens (including phenoxy) is 1. The SMILES string of the molecule is CCC1NC(=O)CN(CCCC2CCCO2)C1=O. The van der Waals surface area contributed by atoms with Gasteiger partial charge in [-0.3, -0.25) is 9.59 Å². The molecule has 5 heteroatoms. The van der Waals surface area contributed by atoms with Gasteiger partial charge in [-0.15, -0.1) is 0 Å². The molecule has 0 aromatic carbocycles. The van der Waals surface area contributed by atoms with Crippen LogP contribution in [0.3, 0.4) is 0 Å². The van der Waals surface area contributed by atoms with Crippen molar-refractivity contribution in [2.75, 3.05) is 19.7 Å². The monoisotopic (exact) mass is 254 g/mol. The van der Waals surface area contributed by atoms with Crippen molar-refractivity contribution in [2.24, 2.45) is 0 Å². The normalized spacial score (nSPS) is 28.6. The molecule has 2 aliphatic rings. The Kier molecular flexibility index (Phi) is 4.58. The summed E-state index contributed by atoms with van der Waals surface area (Å²) in [4.78, 5) is 25.2. The summed E-state index contributed by atoms with van der Waals surface area (Å²) < 4.78 is 5.55. The minimum absolute atomic E-state index is 0.0430. The molecule has 18 heavy (non-hydrogen) atoms. The molecule has 2 unspecified atom stereocenters. The second-order valence-electron chi connectivity index (χ2n) is 5.07. The van der Waals surface area contributed by atoms with Gasteiger partial charge in [-0.25, -0.2) is 0 Å². The Morgan fingerprint density at radius 2 is 2.28 bits per heavy atom. The second kappa shape index (κ2) is 6.18. The number of nitrogens with one attached hydrogen (secondary N) is 1. The maximum absolute atomic E-state index is 12.0. The van der Waals surface area contributed by atoms with Crippen LogP contribution in [0, 0.1) is 0 Å². The highest BCUT2D eigenvalue weighted by Gasteiger charge is 2.31. The van der Waals surface area contributed by atoms with E-state index in [1.807, 2.05) is 6.92 Å². The number of hydrogen-bond acceptors (Lipinski definition) is 3. The van der Waals surface area contributed by atoms with Crippen LogP contribution in [0.1, 0.15) is 39.0 Å². The predicted octanol–water partition coefficient (Wildman–Crippen LogP) is 0.683. The first-order chi connectivity index (χ1) is 8.70. The van der Waals surface area contributed by atoms with E-state index in [1.54, 1.807) is 4.90 Å². The Morgan fingerprint density at radius 3 is 2.94 bits per heavy atom. The fraction of sp³-hybridized carbons (Fsp3) is 0.846. The fourth-order valence-corrected chi connectivity index (χ4v) is 2.62. The highest BCUT2D eigenvalue weighted by atomic mass is 16.5. The van der Waals surface area contributed by atoms with E-state index >= 15 is 0 Å². The van der Waals surface area contributed by atoms with E-state index < -0.39 is 0 Å². The molecule has 2 saturated heterocycles. The van der Waals surface area contributed by atoms with Crippen molar-refractivity contribution in [1.82, 2.24) is 10.2 Å². The van der Waals surface area contributed by atoms with Gasteiger partial charge in [0.25, 0.3) is 0 Å². The molecule has 0 spiro atoms. The molecule has 2 rings (SSSR count). The number of hydrogen-bond donors (Lipinski definition) is 1. The van der Waals surface area contributed by atoms with Crippen LogP contribution in [0.15, 0.2) is 0 Å². The molecule has 2 fully saturated rings. The smallest absolute Gasteiger partial charge is 0.245 e. The summed E-state index contributed by atoms with van der Waals surface area (Å²) in [5, 5.41) is 2.72. The Morgan fingerprint density at radius 1 is 1.44 bits per heavy atom. The van der Waals surface area contributed by atoms with Crippen LogP contribution in [0.4, 0.5) is 0 Å². The lowest BCUT2D eigenvalue weighted by molar-refractivity contribution is -0.144. The predicted molar refractivity (Wildman–Crippen MR) is 67.0 cm³/mol. The molecular formula is C13H22N2O3. The van der Waals surface area contributed by atoms with Crippen LogP contribution in [0.2, 0.25) is 0 Å². The van der Waals surface area contributed by atoms with Gasteiger partial charge in [-0.1, -0.05) is 6.92 Å². The van der Waals surface area contributed by atoms with Gasteiger partial charge in [0.2, 0.25) is 11.8 Å². The van der Waals surface area contributed by atoms with Crippen molar-refractivity contribution >= 4 is 11.8 Å². The van der Waals surface area contributed by atoms with E-state index in [4.69, 9.17) is 4.74 Å². The summed E-state index contributed by atoms with van der Waals surface area (Å²) >= 11 is 0. The molecule has 2 heterocycles. The van der Waals surface area contributed by atoms with Gasteiger partial charge in [0.05, 0.1) is 12.6 Å². The zero-order chi connectivity index (χ0) is 13.0. The van der Waals surface area contributed by atoms with Gasteiger partial charge in [0, 0.05) is 13.2 Å². The van der Waals surface area contributed by atoms with Gasteiger partial charge in [0.1, 0.15) is 6.04 Å². The number of carbonyl (C=O) groups excluding carboxylic acids is 2. The summed E-state index contributed by atoms with van der Waals surface area (Å²) in [5.41, 5.74) is 0. The number of piperazine rings is 1. The molecule has 0 aromatic heterocycles. The van der Waals surface area contributed by atoms with Crippen LogP contribution in [0.25, 0.3) is 0 Å². The first-order valence-corrected chi connectivity index (χ1v) is 6.90. The van der Waals surface area contributed by atoms with Gasteiger partial charge < -0.3 is 15.0 Å². The highest BCUT2D eigenvalue weighted by Crippen LogP contribution is 2.17. The van der Waals surface area contributed by atoms with E-state index in [2.05, 4.69) is 5.32 Å². The Hall–Kier alpha value is -1.10. The zero-order valence-corrected chi connectivity index (χ0v) is 11.0. The van der Waals surface area contributed by atoms with Crippen molar-refractivity contribution in [3.05, 3.63) is 0 Å². The summed E-state index contributed by atoms with van der Waals surface area (Å²) in [6, 6.07) is -0.325. The third kappa shape index (κ3) is 3.22. The Labute approximate surface area is 108 Å². The standard InChI is InChI=1S/C13H22N2O3/c1-2-11-13(17)15(9-12(16)14-11)7-3-5-10-6-4-8-18-10/h10-11H,2-9H2,1H3,(H,14,16). The molecule has 0 radical (unpaired) electrons. The van der Waals surface area contributed by atoms with E-state index in [1.165, 1.54) is 0 Å². The molecule has 1 N–H and O–H groups in total. The molecule has 102 valence electrons. The molecule has 2 amide bonds. The largest absolute Gasteiger partial charge is 0.378 e. The third-order valence-corrected chi connectivity index (χ3v) is 3.67. The summed E-state index contributed by atoms with van der Waals surface area (Å²) in [6.07, 6.45) is 5.20. The average molecular weight is 254 g/mol. The van der Waals surface area contributed by atoms with Crippen molar-refractivity contribution < 1.29 is 14.3 Å². The van der Waals surface area contributed by atoms with Crippen molar-refractivity contribution in [3.8, 4) is 0 Å². The molecule has 2 aliphatic heterocycles. The van der Waals surface area contributed by atoms with Gasteiger partial charge in [-0.05, 0) is 32.1 Å². The van der Waals surface area contributed by atoms with Crippen molar-refractivity contribution in [1.29, 1.82) is 0 Å². The third-order valence-electron chi connectivity index (χ3n) is 3.67. The van der Waals surface area contributed by atoms with Crippen LogP contribution in [-0.4, -0.2) is 48.6 Å². The van der Waals surface area contributed by atoms with Crippen LogP contribution in [0.5, 0.6) is 0 Å². The average Bonchev–Trinajstić information content (AvgIpc) is 2.86. The molecular weight excluding hydrogens is 232 g/mol. The maximum atomic E-state index is 12.0. The lowest BCUT2D eigenvalue weighted by Gasteiger charge is -2.32. The lowest BCUT2D eigenvalue weighted by Crippen LogP contribution is -2.57. The fourth-order valence-electron chi connectivity index (χ4n) is 2.62. The molecule has 0 saturated carbocycles. The number of rotatable bonds is 5. The minimum Gasteiger partial charge on any atom is -0.378 e. The number of carbonyl (C=O) groups is 2. The first-order valence-electron chi connectivity index (χ1n) is 6.90. The van der Waals surface area contributed by atoms with Crippen molar-refractivity contribution in [3.63, 3.8) is 0 Å². The quantitative estimate of drug-likeness (QED) is 0.785. The van der Waals surface area contributed by atoms with Gasteiger partial charge in [-0.2, -0.15) is 0 Å². The van der Waals surface area contributed by atoms with Crippen LogP contribution in [-0.2, 0) is 14.3 Å². The van der Waals surface area contributed by atoms with E-state index in [9.17, 15) is 9.59 Å². The van der Waals surface area contributed by atoms with E-state index in [0.717, 1.165) is 32.3 Å². The van der Waals surface area contributed by atoms with E-state index in [0.29, 0.717) is 19.1 Å². The number of amides is 2. The molecule has 0 bridgehead atoms. The maximum Gasteiger partial charge on any atom is 0.245 e. The Bertz CT molecular complexity index is 313. The van der Waals surface area contributed by atoms with Gasteiger partial charge >= 0.3 is 0 Å². The summed E-state index contributed by atoms with van der Waals surface area (Å²) in [7, 11) is 0. The Balaban J connectivity index is 1.76. The lowest BCUT2D eigenvalue weighted by atomic mass is 10.1. The zero-order valence-electron chi connectivity index (χ0n) is 11.0. The molecule has 5 nitrogen and oxygen atoms in total. The summed E-state index contributed by atoms with van der Waals surface area (Å²) in [6.45, 7) is 3.66.